The first-order valence-corrected chi connectivity index (χ1v) is 7.36. The van der Waals surface area contributed by atoms with E-state index >= 15 is 0 Å². The SMILES string of the molecule is COc1ccc(NC(C)=O)cc1-c1cc(NC(C)=O)ccc1OC. The summed E-state index contributed by atoms with van der Waals surface area (Å²) in [6.45, 7) is 2.89. The van der Waals surface area contributed by atoms with Gasteiger partial charge in [0.25, 0.3) is 0 Å². The van der Waals surface area contributed by atoms with Gasteiger partial charge in [-0.25, -0.2) is 0 Å². The molecule has 0 unspecified atom stereocenters. The molecule has 0 fully saturated rings. The quantitative estimate of drug-likeness (QED) is 0.883. The lowest BCUT2D eigenvalue weighted by molar-refractivity contribution is -0.115. The third-order valence-corrected chi connectivity index (χ3v) is 3.33. The zero-order valence-corrected chi connectivity index (χ0v) is 14.1. The molecule has 24 heavy (non-hydrogen) atoms. The normalized spacial score (nSPS) is 10.0. The summed E-state index contributed by atoms with van der Waals surface area (Å²) in [7, 11) is 3.14. The number of hydrogen-bond acceptors (Lipinski definition) is 4. The van der Waals surface area contributed by atoms with Gasteiger partial charge in [-0.05, 0) is 36.4 Å². The Hall–Kier alpha value is -3.02. The molecule has 0 aromatic heterocycles. The Bertz CT molecular complexity index is 706. The van der Waals surface area contributed by atoms with Crippen molar-refractivity contribution in [2.24, 2.45) is 0 Å². The van der Waals surface area contributed by atoms with Gasteiger partial charge in [0.1, 0.15) is 11.5 Å². The number of carbonyl (C=O) groups is 2. The largest absolute Gasteiger partial charge is 0.496 e. The van der Waals surface area contributed by atoms with Crippen molar-refractivity contribution in [3.05, 3.63) is 36.4 Å². The van der Waals surface area contributed by atoms with E-state index in [9.17, 15) is 9.59 Å². The molecule has 126 valence electrons. The summed E-state index contributed by atoms with van der Waals surface area (Å²) in [5, 5.41) is 5.49. The van der Waals surface area contributed by atoms with Crippen molar-refractivity contribution < 1.29 is 19.1 Å². The minimum atomic E-state index is -0.162. The van der Waals surface area contributed by atoms with Gasteiger partial charge in [0.15, 0.2) is 0 Å². The van der Waals surface area contributed by atoms with E-state index in [-0.39, 0.29) is 11.8 Å². The second-order valence-electron chi connectivity index (χ2n) is 5.19. The minimum Gasteiger partial charge on any atom is -0.496 e. The van der Waals surface area contributed by atoms with E-state index < -0.39 is 0 Å². The molecule has 0 aliphatic rings. The summed E-state index contributed by atoms with van der Waals surface area (Å²) < 4.78 is 10.8. The monoisotopic (exact) mass is 328 g/mol. The maximum Gasteiger partial charge on any atom is 0.221 e. The van der Waals surface area contributed by atoms with Crippen molar-refractivity contribution in [2.75, 3.05) is 24.9 Å². The molecule has 2 aromatic rings. The van der Waals surface area contributed by atoms with Crippen LogP contribution >= 0.6 is 0 Å². The van der Waals surface area contributed by atoms with Crippen molar-refractivity contribution in [3.63, 3.8) is 0 Å². The molecule has 0 spiro atoms. The number of ether oxygens (including phenoxy) is 2. The third kappa shape index (κ3) is 4.04. The highest BCUT2D eigenvalue weighted by molar-refractivity contribution is 5.92. The first-order valence-electron chi connectivity index (χ1n) is 7.36. The summed E-state index contributed by atoms with van der Waals surface area (Å²) in [5.41, 5.74) is 2.77. The van der Waals surface area contributed by atoms with Crippen LogP contribution in [0.1, 0.15) is 13.8 Å². The number of rotatable bonds is 5. The molecule has 0 saturated carbocycles. The number of benzene rings is 2. The Morgan fingerprint density at radius 3 is 1.42 bits per heavy atom. The number of amides is 2. The van der Waals surface area contributed by atoms with E-state index in [1.54, 1.807) is 50.6 Å². The molecule has 2 amide bonds. The summed E-state index contributed by atoms with van der Waals surface area (Å²) >= 11 is 0. The Balaban J connectivity index is 2.59. The number of carbonyl (C=O) groups excluding carboxylic acids is 2. The van der Waals surface area contributed by atoms with Gasteiger partial charge in [-0.1, -0.05) is 0 Å². The molecule has 6 nitrogen and oxygen atoms in total. The van der Waals surface area contributed by atoms with E-state index in [1.807, 2.05) is 0 Å². The molecule has 0 atom stereocenters. The number of methoxy groups -OCH3 is 2. The highest BCUT2D eigenvalue weighted by atomic mass is 16.5. The second kappa shape index (κ2) is 7.50. The third-order valence-electron chi connectivity index (χ3n) is 3.33. The highest BCUT2D eigenvalue weighted by Gasteiger charge is 2.14. The van der Waals surface area contributed by atoms with Crippen molar-refractivity contribution in [1.29, 1.82) is 0 Å². The molecular weight excluding hydrogens is 308 g/mol. The predicted molar refractivity (Wildman–Crippen MR) is 93.6 cm³/mol. The fourth-order valence-electron chi connectivity index (χ4n) is 2.40. The lowest BCUT2D eigenvalue weighted by Gasteiger charge is -2.15. The highest BCUT2D eigenvalue weighted by Crippen LogP contribution is 2.39. The second-order valence-corrected chi connectivity index (χ2v) is 5.19. The van der Waals surface area contributed by atoms with Gasteiger partial charge in [-0.15, -0.1) is 0 Å². The predicted octanol–water partition coefficient (Wildman–Crippen LogP) is 3.29. The van der Waals surface area contributed by atoms with Crippen molar-refractivity contribution >= 4 is 23.2 Å². The molecule has 6 heteroatoms. The van der Waals surface area contributed by atoms with Gasteiger partial charge in [-0.3, -0.25) is 9.59 Å². The fraction of sp³-hybridized carbons (Fsp3) is 0.222. The van der Waals surface area contributed by atoms with Crippen LogP contribution in [0.3, 0.4) is 0 Å². The molecular formula is C18H20N2O4. The molecule has 0 aliphatic heterocycles. The maximum absolute atomic E-state index is 11.3. The van der Waals surface area contributed by atoms with E-state index in [1.165, 1.54) is 13.8 Å². The lowest BCUT2D eigenvalue weighted by atomic mass is 10.0. The first-order chi connectivity index (χ1) is 11.4. The average molecular weight is 328 g/mol. The van der Waals surface area contributed by atoms with Crippen molar-refractivity contribution in [1.82, 2.24) is 0 Å². The van der Waals surface area contributed by atoms with Crippen LogP contribution in [0.4, 0.5) is 11.4 Å². The molecule has 2 N–H and O–H groups in total. The van der Waals surface area contributed by atoms with Crippen LogP contribution in [0.25, 0.3) is 11.1 Å². The Kier molecular flexibility index (Phi) is 5.42. The fourth-order valence-corrected chi connectivity index (χ4v) is 2.40. The van der Waals surface area contributed by atoms with Gasteiger partial charge >= 0.3 is 0 Å². The molecule has 0 aliphatic carbocycles. The standard InChI is InChI=1S/C18H20N2O4/c1-11(21)19-13-5-7-17(23-3)15(9-13)16-10-14(20-12(2)22)6-8-18(16)24-4/h5-10H,1-4H3,(H,19,21)(H,20,22). The van der Waals surface area contributed by atoms with Crippen molar-refractivity contribution in [3.8, 4) is 22.6 Å². The molecule has 2 aromatic carbocycles. The van der Waals surface area contributed by atoms with Crippen LogP contribution in [0.15, 0.2) is 36.4 Å². The molecule has 2 rings (SSSR count). The van der Waals surface area contributed by atoms with Gasteiger partial charge in [0.05, 0.1) is 14.2 Å². The van der Waals surface area contributed by atoms with E-state index in [0.717, 1.165) is 11.1 Å². The molecule has 0 heterocycles. The van der Waals surface area contributed by atoms with Crippen LogP contribution in [0, 0.1) is 0 Å². The molecule has 0 radical (unpaired) electrons. The van der Waals surface area contributed by atoms with Crippen LogP contribution in [-0.2, 0) is 9.59 Å². The smallest absolute Gasteiger partial charge is 0.221 e. The number of anilines is 2. The Labute approximate surface area is 140 Å². The minimum absolute atomic E-state index is 0.162. The van der Waals surface area contributed by atoms with Crippen LogP contribution < -0.4 is 20.1 Å². The topological polar surface area (TPSA) is 76.7 Å². The lowest BCUT2D eigenvalue weighted by Crippen LogP contribution is -2.07. The van der Waals surface area contributed by atoms with Crippen molar-refractivity contribution in [2.45, 2.75) is 13.8 Å². The average Bonchev–Trinajstić information content (AvgIpc) is 2.53. The Morgan fingerprint density at radius 2 is 1.12 bits per heavy atom. The zero-order chi connectivity index (χ0) is 17.7. The molecule has 0 bridgehead atoms. The van der Waals surface area contributed by atoms with Gasteiger partial charge < -0.3 is 20.1 Å². The summed E-state index contributed by atoms with van der Waals surface area (Å²) in [4.78, 5) is 22.6. The van der Waals surface area contributed by atoms with Crippen LogP contribution in [0.2, 0.25) is 0 Å². The maximum atomic E-state index is 11.3. The van der Waals surface area contributed by atoms with Crippen LogP contribution in [0.5, 0.6) is 11.5 Å². The van der Waals surface area contributed by atoms with Gasteiger partial charge in [0, 0.05) is 36.3 Å². The van der Waals surface area contributed by atoms with E-state index in [4.69, 9.17) is 9.47 Å². The zero-order valence-electron chi connectivity index (χ0n) is 14.1. The molecule has 0 saturated heterocycles. The van der Waals surface area contributed by atoms with E-state index in [0.29, 0.717) is 22.9 Å². The van der Waals surface area contributed by atoms with E-state index in [2.05, 4.69) is 10.6 Å². The number of hydrogen-bond donors (Lipinski definition) is 2. The number of nitrogens with one attached hydrogen (secondary N) is 2. The van der Waals surface area contributed by atoms with Gasteiger partial charge in [-0.2, -0.15) is 0 Å². The first kappa shape index (κ1) is 17.3. The summed E-state index contributed by atoms with van der Waals surface area (Å²) in [5.74, 6) is 0.930. The van der Waals surface area contributed by atoms with Crippen LogP contribution in [-0.4, -0.2) is 26.0 Å². The van der Waals surface area contributed by atoms with Gasteiger partial charge in [0.2, 0.25) is 11.8 Å². The summed E-state index contributed by atoms with van der Waals surface area (Å²) in [6, 6.07) is 10.7. The Morgan fingerprint density at radius 1 is 0.750 bits per heavy atom. The summed E-state index contributed by atoms with van der Waals surface area (Å²) in [6.07, 6.45) is 0.